The minimum Gasteiger partial charge on any atom is -0.313 e. The Balaban J connectivity index is 1.95. The molecule has 2 aliphatic heterocycles. The van der Waals surface area contributed by atoms with E-state index in [9.17, 15) is 9.59 Å². The smallest absolute Gasteiger partial charge is 0.130 e. The third kappa shape index (κ3) is 2.51. The van der Waals surface area contributed by atoms with Gasteiger partial charge in [-0.15, -0.1) is 0 Å². The summed E-state index contributed by atoms with van der Waals surface area (Å²) in [5.41, 5.74) is 0. The van der Waals surface area contributed by atoms with Crippen LogP contribution >= 0.6 is 0 Å². The minimum absolute atomic E-state index is 0.294. The fourth-order valence-electron chi connectivity index (χ4n) is 3.47. The molecule has 90 valence electrons. The molecule has 0 aromatic carbocycles. The van der Waals surface area contributed by atoms with Gasteiger partial charge in [-0.3, -0.25) is 0 Å². The van der Waals surface area contributed by atoms with Gasteiger partial charge < -0.3 is 14.9 Å². The number of piperidine rings is 2. The molecule has 16 heavy (non-hydrogen) atoms. The summed E-state index contributed by atoms with van der Waals surface area (Å²) >= 11 is 0. The fourth-order valence-corrected chi connectivity index (χ4v) is 3.47. The summed E-state index contributed by atoms with van der Waals surface area (Å²) in [6, 6.07) is 0.471. The highest BCUT2D eigenvalue weighted by Crippen LogP contribution is 2.41. The summed E-state index contributed by atoms with van der Waals surface area (Å²) in [5, 5.41) is 3.51. The van der Waals surface area contributed by atoms with Crippen molar-refractivity contribution in [3.05, 3.63) is 0 Å². The van der Waals surface area contributed by atoms with Gasteiger partial charge in [0.05, 0.1) is 0 Å². The quantitative estimate of drug-likeness (QED) is 0.786. The van der Waals surface area contributed by atoms with Crippen molar-refractivity contribution in [1.82, 2.24) is 5.32 Å². The van der Waals surface area contributed by atoms with Crippen LogP contribution in [0.4, 0.5) is 0 Å². The second-order valence-electron chi connectivity index (χ2n) is 5.58. The van der Waals surface area contributed by atoms with Gasteiger partial charge in [-0.2, -0.15) is 0 Å². The van der Waals surface area contributed by atoms with Gasteiger partial charge in [0.2, 0.25) is 0 Å². The molecule has 0 aromatic rings. The summed E-state index contributed by atoms with van der Waals surface area (Å²) in [4.78, 5) is 22.3. The van der Waals surface area contributed by atoms with Crippen LogP contribution in [0.3, 0.4) is 0 Å². The molecule has 2 bridgehead atoms. The number of carbonyl (C=O) groups excluding carboxylic acids is 2. The van der Waals surface area contributed by atoms with E-state index < -0.39 is 0 Å². The van der Waals surface area contributed by atoms with Crippen molar-refractivity contribution >= 4 is 11.6 Å². The molecule has 0 spiro atoms. The average Bonchev–Trinajstić information content (AvgIpc) is 2.17. The number of nitrogens with one attached hydrogen (secondary N) is 1. The Hall–Kier alpha value is -0.700. The second-order valence-corrected chi connectivity index (χ2v) is 5.58. The maximum absolute atomic E-state index is 11.2. The first-order valence-electron chi connectivity index (χ1n) is 6.28. The van der Waals surface area contributed by atoms with Crippen molar-refractivity contribution in [3.63, 3.8) is 0 Å². The summed E-state index contributed by atoms with van der Waals surface area (Å²) in [6.45, 7) is 4.40. The fraction of sp³-hybridized carbons (Fsp3) is 0.846. The Morgan fingerprint density at radius 2 is 1.69 bits per heavy atom. The topological polar surface area (TPSA) is 46.2 Å². The van der Waals surface area contributed by atoms with Gasteiger partial charge in [0.1, 0.15) is 11.6 Å². The van der Waals surface area contributed by atoms with Gasteiger partial charge in [-0.1, -0.05) is 0 Å². The predicted molar refractivity (Wildman–Crippen MR) is 62.1 cm³/mol. The number of hydrogen-bond donors (Lipinski definition) is 1. The van der Waals surface area contributed by atoms with Crippen LogP contribution in [-0.4, -0.2) is 24.2 Å². The zero-order valence-electron chi connectivity index (χ0n) is 10.2. The average molecular weight is 223 g/mol. The zero-order chi connectivity index (χ0) is 11.7. The SMILES string of the molecule is CC(=O)CC1CC2NCC1CC2CC(C)=O. The molecule has 1 saturated carbocycles. The van der Waals surface area contributed by atoms with Crippen molar-refractivity contribution in [1.29, 1.82) is 0 Å². The Labute approximate surface area is 97.0 Å². The zero-order valence-corrected chi connectivity index (χ0v) is 10.2. The van der Waals surface area contributed by atoms with E-state index in [0.29, 0.717) is 41.8 Å². The Kier molecular flexibility index (Phi) is 3.43. The van der Waals surface area contributed by atoms with E-state index in [1.54, 1.807) is 13.8 Å². The van der Waals surface area contributed by atoms with Crippen LogP contribution in [0.15, 0.2) is 0 Å². The number of hydrogen-bond acceptors (Lipinski definition) is 3. The molecule has 3 aliphatic rings. The van der Waals surface area contributed by atoms with E-state index in [0.717, 1.165) is 25.8 Å². The van der Waals surface area contributed by atoms with Gasteiger partial charge in [-0.25, -0.2) is 0 Å². The number of ketones is 2. The minimum atomic E-state index is 0.294. The Bertz CT molecular complexity index is 270. The van der Waals surface area contributed by atoms with E-state index in [-0.39, 0.29) is 0 Å². The monoisotopic (exact) mass is 223 g/mol. The van der Waals surface area contributed by atoms with Crippen molar-refractivity contribution < 1.29 is 9.59 Å². The van der Waals surface area contributed by atoms with Gasteiger partial charge in [-0.05, 0) is 51.0 Å². The predicted octanol–water partition coefficient (Wildman–Crippen LogP) is 1.56. The van der Waals surface area contributed by atoms with Crippen LogP contribution < -0.4 is 5.32 Å². The van der Waals surface area contributed by atoms with Crippen molar-refractivity contribution in [3.8, 4) is 0 Å². The summed E-state index contributed by atoms with van der Waals surface area (Å²) in [7, 11) is 0. The highest BCUT2D eigenvalue weighted by molar-refractivity contribution is 5.76. The van der Waals surface area contributed by atoms with Gasteiger partial charge in [0, 0.05) is 18.9 Å². The number of rotatable bonds is 4. The molecular formula is C13H21NO2. The first-order chi connectivity index (χ1) is 7.56. The lowest BCUT2D eigenvalue weighted by Gasteiger charge is -2.47. The van der Waals surface area contributed by atoms with Crippen LogP contribution in [0.1, 0.15) is 39.5 Å². The van der Waals surface area contributed by atoms with Gasteiger partial charge >= 0.3 is 0 Å². The van der Waals surface area contributed by atoms with E-state index in [1.807, 2.05) is 0 Å². The highest BCUT2D eigenvalue weighted by atomic mass is 16.1. The first-order valence-corrected chi connectivity index (χ1v) is 6.28. The molecule has 1 aliphatic carbocycles. The van der Waals surface area contributed by atoms with E-state index in [4.69, 9.17) is 0 Å². The molecule has 0 radical (unpaired) electrons. The van der Waals surface area contributed by atoms with Crippen LogP contribution in [0.5, 0.6) is 0 Å². The lowest BCUT2D eigenvalue weighted by atomic mass is 9.65. The van der Waals surface area contributed by atoms with Crippen LogP contribution in [-0.2, 0) is 9.59 Å². The third-order valence-corrected chi connectivity index (χ3v) is 4.14. The molecule has 3 rings (SSSR count). The molecule has 4 unspecified atom stereocenters. The van der Waals surface area contributed by atoms with Gasteiger partial charge in [0.25, 0.3) is 0 Å². The van der Waals surface area contributed by atoms with Crippen LogP contribution in [0, 0.1) is 17.8 Å². The standard InChI is InChI=1S/C13H21NO2/c1-8(15)3-10-6-13-11(4-9(2)16)5-12(10)7-14-13/h10-14H,3-7H2,1-2H3. The van der Waals surface area contributed by atoms with E-state index in [2.05, 4.69) is 5.32 Å². The Morgan fingerprint density at radius 3 is 2.19 bits per heavy atom. The summed E-state index contributed by atoms with van der Waals surface area (Å²) in [5.74, 6) is 2.29. The molecule has 2 heterocycles. The van der Waals surface area contributed by atoms with Crippen LogP contribution in [0.2, 0.25) is 0 Å². The number of fused-ring (bicyclic) bond motifs is 3. The molecule has 3 nitrogen and oxygen atoms in total. The van der Waals surface area contributed by atoms with Crippen molar-refractivity contribution in [2.24, 2.45) is 17.8 Å². The molecule has 2 saturated heterocycles. The number of Topliss-reactive ketones (excluding diaryl/α,β-unsaturated/α-hetero) is 2. The molecule has 0 amide bonds. The molecule has 3 heteroatoms. The summed E-state index contributed by atoms with van der Waals surface area (Å²) < 4.78 is 0. The number of carbonyl (C=O) groups is 2. The van der Waals surface area contributed by atoms with Crippen molar-refractivity contribution in [2.45, 2.75) is 45.6 Å². The Morgan fingerprint density at radius 1 is 1.06 bits per heavy atom. The molecule has 1 N–H and O–H groups in total. The van der Waals surface area contributed by atoms with Gasteiger partial charge in [0.15, 0.2) is 0 Å². The molecule has 4 atom stereocenters. The highest BCUT2D eigenvalue weighted by Gasteiger charge is 2.41. The first kappa shape index (κ1) is 11.8. The maximum Gasteiger partial charge on any atom is 0.130 e. The molecular weight excluding hydrogens is 202 g/mol. The molecule has 0 aromatic heterocycles. The lowest BCUT2D eigenvalue weighted by molar-refractivity contribution is -0.121. The summed E-state index contributed by atoms with van der Waals surface area (Å²) in [6.07, 6.45) is 3.66. The lowest BCUT2D eigenvalue weighted by Crippen LogP contribution is -2.54. The van der Waals surface area contributed by atoms with Crippen LogP contribution in [0.25, 0.3) is 0 Å². The van der Waals surface area contributed by atoms with E-state index >= 15 is 0 Å². The van der Waals surface area contributed by atoms with Crippen molar-refractivity contribution in [2.75, 3.05) is 6.54 Å². The normalized spacial score (nSPS) is 37.4. The van der Waals surface area contributed by atoms with E-state index in [1.165, 1.54) is 0 Å². The maximum atomic E-state index is 11.2. The third-order valence-electron chi connectivity index (χ3n) is 4.14. The molecule has 3 fully saturated rings. The second kappa shape index (κ2) is 4.66. The largest absolute Gasteiger partial charge is 0.313 e.